The van der Waals surface area contributed by atoms with E-state index < -0.39 is 0 Å². The summed E-state index contributed by atoms with van der Waals surface area (Å²) < 4.78 is 11.8. The largest absolute Gasteiger partial charge is 0.496 e. The maximum absolute atomic E-state index is 12.7. The summed E-state index contributed by atoms with van der Waals surface area (Å²) in [5, 5.41) is 0. The van der Waals surface area contributed by atoms with Crippen LogP contribution in [0.15, 0.2) is 16.6 Å². The van der Waals surface area contributed by atoms with E-state index in [9.17, 15) is 4.79 Å². The van der Waals surface area contributed by atoms with E-state index in [1.807, 2.05) is 30.9 Å². The Kier molecular flexibility index (Phi) is 7.56. The van der Waals surface area contributed by atoms with Gasteiger partial charge in [-0.05, 0) is 55.2 Å². The van der Waals surface area contributed by atoms with Gasteiger partial charge in [0.1, 0.15) is 11.5 Å². The molecule has 1 aromatic rings. The molecule has 0 N–H and O–H groups in total. The van der Waals surface area contributed by atoms with Gasteiger partial charge in [-0.1, -0.05) is 0 Å². The SMILES string of the molecule is CCN(CC)C(=O)[C@@H]1CCCN(Cc2cc(Br)c(OC)cc2OC)C1. The Hall–Kier alpha value is -1.27. The fourth-order valence-electron chi connectivity index (χ4n) is 3.48. The van der Waals surface area contributed by atoms with Crippen LogP contribution >= 0.6 is 15.9 Å². The average molecular weight is 413 g/mol. The lowest BCUT2D eigenvalue weighted by molar-refractivity contribution is -0.137. The molecule has 0 aromatic heterocycles. The highest BCUT2D eigenvalue weighted by atomic mass is 79.9. The normalized spacial score (nSPS) is 18.0. The third-order valence-electron chi connectivity index (χ3n) is 4.88. The summed E-state index contributed by atoms with van der Waals surface area (Å²) >= 11 is 3.55. The number of hydrogen-bond donors (Lipinski definition) is 0. The highest BCUT2D eigenvalue weighted by Gasteiger charge is 2.28. The second kappa shape index (κ2) is 9.43. The number of piperidine rings is 1. The third kappa shape index (κ3) is 4.88. The predicted octanol–water partition coefficient (Wildman–Crippen LogP) is 3.55. The van der Waals surface area contributed by atoms with Crippen molar-refractivity contribution in [2.75, 3.05) is 40.4 Å². The van der Waals surface area contributed by atoms with E-state index in [2.05, 4.69) is 20.8 Å². The summed E-state index contributed by atoms with van der Waals surface area (Å²) in [4.78, 5) is 17.0. The van der Waals surface area contributed by atoms with E-state index in [4.69, 9.17) is 9.47 Å². The summed E-state index contributed by atoms with van der Waals surface area (Å²) in [5.41, 5.74) is 1.10. The summed E-state index contributed by atoms with van der Waals surface area (Å²) in [7, 11) is 3.32. The van der Waals surface area contributed by atoms with Gasteiger partial charge in [0.15, 0.2) is 0 Å². The lowest BCUT2D eigenvalue weighted by Gasteiger charge is -2.34. The van der Waals surface area contributed by atoms with Crippen molar-refractivity contribution in [2.45, 2.75) is 33.2 Å². The molecule has 1 amide bonds. The molecule has 1 aliphatic heterocycles. The highest BCUT2D eigenvalue weighted by Crippen LogP contribution is 2.34. The Morgan fingerprint density at radius 1 is 1.24 bits per heavy atom. The maximum atomic E-state index is 12.7. The number of rotatable bonds is 7. The second-order valence-corrected chi connectivity index (χ2v) is 7.24. The maximum Gasteiger partial charge on any atom is 0.226 e. The van der Waals surface area contributed by atoms with E-state index >= 15 is 0 Å². The van der Waals surface area contributed by atoms with Crippen LogP contribution in [0.25, 0.3) is 0 Å². The van der Waals surface area contributed by atoms with E-state index in [-0.39, 0.29) is 11.8 Å². The number of hydrogen-bond acceptors (Lipinski definition) is 4. The van der Waals surface area contributed by atoms with Crippen LogP contribution in [0.5, 0.6) is 11.5 Å². The Labute approximate surface area is 159 Å². The number of likely N-dealkylation sites (tertiary alicyclic amines) is 1. The van der Waals surface area contributed by atoms with Gasteiger partial charge >= 0.3 is 0 Å². The van der Waals surface area contributed by atoms with Gasteiger partial charge < -0.3 is 14.4 Å². The van der Waals surface area contributed by atoms with Crippen molar-refractivity contribution in [3.05, 3.63) is 22.2 Å². The lowest BCUT2D eigenvalue weighted by Crippen LogP contribution is -2.44. The van der Waals surface area contributed by atoms with Gasteiger partial charge in [-0.15, -0.1) is 0 Å². The number of halogens is 1. The molecule has 0 bridgehead atoms. The average Bonchev–Trinajstić information content (AvgIpc) is 2.63. The minimum Gasteiger partial charge on any atom is -0.496 e. The molecule has 1 atom stereocenters. The summed E-state index contributed by atoms with van der Waals surface area (Å²) in [5.74, 6) is 1.96. The molecule has 6 heteroatoms. The van der Waals surface area contributed by atoms with Crippen LogP contribution in [-0.4, -0.2) is 56.1 Å². The van der Waals surface area contributed by atoms with Crippen molar-refractivity contribution < 1.29 is 14.3 Å². The van der Waals surface area contributed by atoms with Crippen LogP contribution in [-0.2, 0) is 11.3 Å². The van der Waals surface area contributed by atoms with Crippen LogP contribution in [0, 0.1) is 5.92 Å². The van der Waals surface area contributed by atoms with Gasteiger partial charge in [-0.25, -0.2) is 0 Å². The van der Waals surface area contributed by atoms with Crippen molar-refractivity contribution in [3.63, 3.8) is 0 Å². The first-order valence-electron chi connectivity index (χ1n) is 8.95. The number of carbonyl (C=O) groups excluding carboxylic acids is 1. The molecule has 0 aliphatic carbocycles. The Bertz CT molecular complexity index is 590. The summed E-state index contributed by atoms with van der Waals surface area (Å²) in [6.07, 6.45) is 2.03. The summed E-state index contributed by atoms with van der Waals surface area (Å²) in [6.45, 7) is 8.24. The zero-order chi connectivity index (χ0) is 18.4. The fourth-order valence-corrected chi connectivity index (χ4v) is 4.03. The topological polar surface area (TPSA) is 42.0 Å². The van der Waals surface area contributed by atoms with Crippen molar-refractivity contribution in [1.82, 2.24) is 9.80 Å². The zero-order valence-electron chi connectivity index (χ0n) is 15.7. The number of ether oxygens (including phenoxy) is 2. The third-order valence-corrected chi connectivity index (χ3v) is 5.50. The van der Waals surface area contributed by atoms with Crippen molar-refractivity contribution >= 4 is 21.8 Å². The van der Waals surface area contributed by atoms with E-state index in [1.165, 1.54) is 0 Å². The molecule has 1 fully saturated rings. The van der Waals surface area contributed by atoms with Gasteiger partial charge in [0, 0.05) is 37.8 Å². The summed E-state index contributed by atoms with van der Waals surface area (Å²) in [6, 6.07) is 3.95. The molecule has 0 spiro atoms. The molecule has 1 aliphatic rings. The number of methoxy groups -OCH3 is 2. The molecule has 1 heterocycles. The van der Waals surface area contributed by atoms with Crippen LogP contribution in [0.3, 0.4) is 0 Å². The Morgan fingerprint density at radius 2 is 1.92 bits per heavy atom. The smallest absolute Gasteiger partial charge is 0.226 e. The first-order chi connectivity index (χ1) is 12.0. The second-order valence-electron chi connectivity index (χ2n) is 6.38. The number of carbonyl (C=O) groups is 1. The zero-order valence-corrected chi connectivity index (χ0v) is 17.3. The quantitative estimate of drug-likeness (QED) is 0.686. The van der Waals surface area contributed by atoms with Gasteiger partial charge in [-0.3, -0.25) is 9.69 Å². The van der Waals surface area contributed by atoms with E-state index in [1.54, 1.807) is 14.2 Å². The van der Waals surface area contributed by atoms with Gasteiger partial charge in [0.05, 0.1) is 24.6 Å². The molecule has 0 unspecified atom stereocenters. The lowest BCUT2D eigenvalue weighted by atomic mass is 9.96. The Morgan fingerprint density at radius 3 is 2.52 bits per heavy atom. The standard InChI is InChI=1S/C19H29BrN2O3/c1-5-22(6-2)19(23)14-8-7-9-21(12-14)13-15-10-16(20)18(25-4)11-17(15)24-3/h10-11,14H,5-9,12-13H2,1-4H3/t14-/m1/s1. The first-order valence-corrected chi connectivity index (χ1v) is 9.74. The molecule has 0 saturated carbocycles. The minimum absolute atomic E-state index is 0.0985. The molecular formula is C19H29BrN2O3. The molecule has 5 nitrogen and oxygen atoms in total. The molecule has 140 valence electrons. The van der Waals surface area contributed by atoms with Crippen molar-refractivity contribution in [1.29, 1.82) is 0 Å². The van der Waals surface area contributed by atoms with Gasteiger partial charge in [0.2, 0.25) is 5.91 Å². The fraction of sp³-hybridized carbons (Fsp3) is 0.632. The molecule has 1 aromatic carbocycles. The van der Waals surface area contributed by atoms with E-state index in [0.717, 1.165) is 67.1 Å². The Balaban J connectivity index is 2.10. The van der Waals surface area contributed by atoms with Crippen LogP contribution in [0.2, 0.25) is 0 Å². The van der Waals surface area contributed by atoms with Crippen LogP contribution < -0.4 is 9.47 Å². The molecule has 2 rings (SSSR count). The van der Waals surface area contributed by atoms with Crippen LogP contribution in [0.4, 0.5) is 0 Å². The molecule has 0 radical (unpaired) electrons. The number of amides is 1. The van der Waals surface area contributed by atoms with Crippen molar-refractivity contribution in [3.8, 4) is 11.5 Å². The van der Waals surface area contributed by atoms with Crippen molar-refractivity contribution in [2.24, 2.45) is 5.92 Å². The van der Waals surface area contributed by atoms with Gasteiger partial charge in [-0.2, -0.15) is 0 Å². The minimum atomic E-state index is 0.0985. The van der Waals surface area contributed by atoms with E-state index in [0.29, 0.717) is 0 Å². The molecular weight excluding hydrogens is 384 g/mol. The number of nitrogens with zero attached hydrogens (tertiary/aromatic N) is 2. The highest BCUT2D eigenvalue weighted by molar-refractivity contribution is 9.10. The first kappa shape index (κ1) is 20.0. The predicted molar refractivity (Wildman–Crippen MR) is 103 cm³/mol. The van der Waals surface area contributed by atoms with Gasteiger partial charge in [0.25, 0.3) is 0 Å². The monoisotopic (exact) mass is 412 g/mol. The molecule has 25 heavy (non-hydrogen) atoms. The van der Waals surface area contributed by atoms with Crippen LogP contribution in [0.1, 0.15) is 32.3 Å². The number of benzene rings is 1. The molecule has 1 saturated heterocycles.